The minimum absolute atomic E-state index is 0.471. The van der Waals surface area contributed by atoms with Gasteiger partial charge < -0.3 is 0 Å². The Morgan fingerprint density at radius 1 is 0.786 bits per heavy atom. The van der Waals surface area contributed by atoms with Gasteiger partial charge in [0.15, 0.2) is 0 Å². The van der Waals surface area contributed by atoms with E-state index in [0.717, 1.165) is 6.42 Å². The molecular formula is C28H34. The molecule has 5 unspecified atom stereocenters. The van der Waals surface area contributed by atoms with Crippen LogP contribution in [0.4, 0.5) is 0 Å². The summed E-state index contributed by atoms with van der Waals surface area (Å²) in [5.74, 6) is 2.53. The van der Waals surface area contributed by atoms with Crippen molar-refractivity contribution < 1.29 is 0 Å². The molecule has 0 aromatic heterocycles. The lowest BCUT2D eigenvalue weighted by Crippen LogP contribution is -2.28. The molecule has 0 saturated heterocycles. The average Bonchev–Trinajstić information content (AvgIpc) is 2.73. The molecule has 0 fully saturated rings. The van der Waals surface area contributed by atoms with Gasteiger partial charge in [-0.2, -0.15) is 0 Å². The standard InChI is InChI=1S/C28H34/c1-7-22-13-14-24-19(4)27-17(2)15-25(18(3)23-11-9-8-10-12-23)20(5)28(27)21(6)26(24)16-22/h8-21H,7H2,1-6H3. The summed E-state index contributed by atoms with van der Waals surface area (Å²) in [6.07, 6.45) is 3.69. The molecular weight excluding hydrogens is 336 g/mol. The molecule has 2 aliphatic carbocycles. The van der Waals surface area contributed by atoms with Gasteiger partial charge in [-0.1, -0.05) is 113 Å². The maximum absolute atomic E-state index is 2.58. The molecule has 0 bridgehead atoms. The summed E-state index contributed by atoms with van der Waals surface area (Å²) < 4.78 is 0. The highest BCUT2D eigenvalue weighted by Gasteiger charge is 2.38. The highest BCUT2D eigenvalue weighted by Crippen LogP contribution is 2.53. The highest BCUT2D eigenvalue weighted by molar-refractivity contribution is 5.55. The summed E-state index contributed by atoms with van der Waals surface area (Å²) in [6.45, 7) is 14.4. The van der Waals surface area contributed by atoms with E-state index in [0.29, 0.717) is 29.6 Å². The average molecular weight is 371 g/mol. The molecule has 2 aliphatic rings. The van der Waals surface area contributed by atoms with Gasteiger partial charge in [-0.15, -0.1) is 0 Å². The van der Waals surface area contributed by atoms with Crippen LogP contribution in [-0.2, 0) is 6.42 Å². The van der Waals surface area contributed by atoms with E-state index in [4.69, 9.17) is 0 Å². The summed E-state index contributed by atoms with van der Waals surface area (Å²) in [5, 5.41) is 0. The Hall–Kier alpha value is -2.08. The Kier molecular flexibility index (Phi) is 5.08. The Labute approximate surface area is 171 Å². The third-order valence-corrected chi connectivity index (χ3v) is 7.46. The number of hydrogen-bond donors (Lipinski definition) is 0. The molecule has 2 aromatic carbocycles. The summed E-state index contributed by atoms with van der Waals surface area (Å²) in [4.78, 5) is 0. The van der Waals surface area contributed by atoms with E-state index < -0.39 is 0 Å². The quantitative estimate of drug-likeness (QED) is 0.484. The normalized spacial score (nSPS) is 27.7. The molecule has 0 saturated carbocycles. The molecule has 4 rings (SSSR count). The van der Waals surface area contributed by atoms with Crippen LogP contribution in [0.3, 0.4) is 0 Å². The van der Waals surface area contributed by atoms with E-state index in [-0.39, 0.29) is 0 Å². The Morgan fingerprint density at radius 3 is 2.14 bits per heavy atom. The molecule has 0 heterocycles. The predicted molar refractivity (Wildman–Crippen MR) is 121 cm³/mol. The predicted octanol–water partition coefficient (Wildman–Crippen LogP) is 7.78. The number of allylic oxidation sites excluding steroid dienone is 4. The number of rotatable bonds is 3. The minimum Gasteiger partial charge on any atom is -0.0772 e. The maximum atomic E-state index is 2.58. The summed E-state index contributed by atoms with van der Waals surface area (Å²) >= 11 is 0. The fraction of sp³-hybridized carbons (Fsp3) is 0.429. The molecule has 0 heteroatoms. The van der Waals surface area contributed by atoms with E-state index in [1.54, 1.807) is 27.8 Å². The van der Waals surface area contributed by atoms with E-state index in [1.165, 1.54) is 11.1 Å². The zero-order valence-corrected chi connectivity index (χ0v) is 18.3. The largest absolute Gasteiger partial charge is 0.0772 e. The van der Waals surface area contributed by atoms with Crippen molar-refractivity contribution in [2.75, 3.05) is 0 Å². The Morgan fingerprint density at radius 2 is 1.46 bits per heavy atom. The van der Waals surface area contributed by atoms with Crippen molar-refractivity contribution in [1.29, 1.82) is 0 Å². The number of fused-ring (bicyclic) bond motifs is 1. The van der Waals surface area contributed by atoms with E-state index in [9.17, 15) is 0 Å². The van der Waals surface area contributed by atoms with Gasteiger partial charge in [-0.05, 0) is 40.5 Å². The number of aryl methyl sites for hydroxylation is 1. The molecule has 0 spiro atoms. The topological polar surface area (TPSA) is 0 Å². The second-order valence-electron chi connectivity index (χ2n) is 8.98. The van der Waals surface area contributed by atoms with Crippen molar-refractivity contribution in [3.05, 3.63) is 93.6 Å². The van der Waals surface area contributed by atoms with Crippen LogP contribution in [-0.4, -0.2) is 0 Å². The fourth-order valence-electron chi connectivity index (χ4n) is 5.89. The first-order chi connectivity index (χ1) is 13.4. The second kappa shape index (κ2) is 7.39. The van der Waals surface area contributed by atoms with Gasteiger partial charge in [-0.25, -0.2) is 0 Å². The van der Waals surface area contributed by atoms with Gasteiger partial charge >= 0.3 is 0 Å². The van der Waals surface area contributed by atoms with Crippen molar-refractivity contribution in [2.24, 2.45) is 11.8 Å². The third-order valence-electron chi connectivity index (χ3n) is 7.46. The van der Waals surface area contributed by atoms with E-state index in [1.807, 2.05) is 0 Å². The smallest absolute Gasteiger partial charge is 0.00318 e. The van der Waals surface area contributed by atoms with Crippen LogP contribution >= 0.6 is 0 Å². The van der Waals surface area contributed by atoms with Gasteiger partial charge in [0.1, 0.15) is 0 Å². The van der Waals surface area contributed by atoms with Gasteiger partial charge in [0, 0.05) is 17.8 Å². The summed E-state index contributed by atoms with van der Waals surface area (Å²) in [7, 11) is 0. The van der Waals surface area contributed by atoms with Gasteiger partial charge in [-0.3, -0.25) is 0 Å². The van der Waals surface area contributed by atoms with Crippen LogP contribution in [0.1, 0.15) is 81.5 Å². The lowest BCUT2D eigenvalue weighted by atomic mass is 9.61. The van der Waals surface area contributed by atoms with Crippen LogP contribution in [0.2, 0.25) is 0 Å². The summed E-state index contributed by atoms with van der Waals surface area (Å²) in [5.41, 5.74) is 11.0. The summed E-state index contributed by atoms with van der Waals surface area (Å²) in [6, 6.07) is 18.2. The van der Waals surface area contributed by atoms with Gasteiger partial charge in [0.05, 0.1) is 0 Å². The van der Waals surface area contributed by atoms with Crippen LogP contribution < -0.4 is 0 Å². The zero-order chi connectivity index (χ0) is 20.0. The van der Waals surface area contributed by atoms with Crippen molar-refractivity contribution in [1.82, 2.24) is 0 Å². The molecule has 2 aromatic rings. The lowest BCUT2D eigenvalue weighted by Gasteiger charge is -2.43. The van der Waals surface area contributed by atoms with Crippen molar-refractivity contribution in [3.63, 3.8) is 0 Å². The molecule has 0 amide bonds. The third kappa shape index (κ3) is 2.98. The highest BCUT2D eigenvalue weighted by atomic mass is 14.4. The second-order valence-corrected chi connectivity index (χ2v) is 8.98. The van der Waals surface area contributed by atoms with Crippen molar-refractivity contribution >= 4 is 0 Å². The molecule has 0 aliphatic heterocycles. The Bertz CT molecular complexity index is 928. The van der Waals surface area contributed by atoms with E-state index in [2.05, 4.69) is 96.1 Å². The maximum Gasteiger partial charge on any atom is 0.00318 e. The Balaban J connectivity index is 1.77. The molecule has 0 radical (unpaired) electrons. The molecule has 0 N–H and O–H groups in total. The van der Waals surface area contributed by atoms with Crippen LogP contribution in [0.25, 0.3) is 0 Å². The molecule has 0 nitrogen and oxygen atoms in total. The number of hydrogen-bond acceptors (Lipinski definition) is 0. The van der Waals surface area contributed by atoms with Gasteiger partial charge in [0.25, 0.3) is 0 Å². The first-order valence-corrected chi connectivity index (χ1v) is 11.1. The van der Waals surface area contributed by atoms with E-state index >= 15 is 0 Å². The van der Waals surface area contributed by atoms with Crippen LogP contribution in [0.15, 0.2) is 71.3 Å². The molecule has 146 valence electrons. The van der Waals surface area contributed by atoms with Crippen molar-refractivity contribution in [2.45, 2.75) is 65.7 Å². The monoisotopic (exact) mass is 370 g/mol. The van der Waals surface area contributed by atoms with Gasteiger partial charge in [0.2, 0.25) is 0 Å². The zero-order valence-electron chi connectivity index (χ0n) is 18.3. The molecule has 28 heavy (non-hydrogen) atoms. The van der Waals surface area contributed by atoms with Crippen LogP contribution in [0, 0.1) is 11.8 Å². The fourth-order valence-corrected chi connectivity index (χ4v) is 5.89. The minimum atomic E-state index is 0.471. The van der Waals surface area contributed by atoms with Crippen LogP contribution in [0.5, 0.6) is 0 Å². The first kappa shape index (κ1) is 19.2. The van der Waals surface area contributed by atoms with Crippen molar-refractivity contribution in [3.8, 4) is 0 Å². The first-order valence-electron chi connectivity index (χ1n) is 11.1. The number of benzene rings is 2. The SMILES string of the molecule is CCc1ccc2c(c1)C(C)C1=C(C(C)C=C(C(C)c3ccccc3)C1C)C2C. The lowest BCUT2D eigenvalue weighted by molar-refractivity contribution is 0.546. The molecule has 5 atom stereocenters.